The maximum Gasteiger partial charge on any atom is 0.130 e. The van der Waals surface area contributed by atoms with Crippen LogP contribution in [0.5, 0.6) is 0 Å². The molecule has 0 aliphatic carbocycles. The van der Waals surface area contributed by atoms with Crippen molar-refractivity contribution in [2.24, 2.45) is 7.05 Å². The summed E-state index contributed by atoms with van der Waals surface area (Å²) in [5, 5.41) is 8.70. The van der Waals surface area contributed by atoms with Crippen molar-refractivity contribution in [3.05, 3.63) is 16.4 Å². The summed E-state index contributed by atoms with van der Waals surface area (Å²) in [6, 6.07) is 0.268. The summed E-state index contributed by atoms with van der Waals surface area (Å²) in [5.41, 5.74) is 2.14. The molecular formula is C15H27ClN4O. The van der Waals surface area contributed by atoms with Crippen molar-refractivity contribution in [2.75, 3.05) is 32.8 Å². The Morgan fingerprint density at radius 2 is 2.24 bits per heavy atom. The first-order valence-electron chi connectivity index (χ1n) is 7.82. The van der Waals surface area contributed by atoms with Crippen molar-refractivity contribution in [3.8, 4) is 0 Å². The van der Waals surface area contributed by atoms with E-state index in [-0.39, 0.29) is 12.1 Å². The van der Waals surface area contributed by atoms with Crippen LogP contribution in [0.3, 0.4) is 0 Å². The Labute approximate surface area is 132 Å². The lowest BCUT2D eigenvalue weighted by Crippen LogP contribution is -2.53. The second kappa shape index (κ2) is 7.58. The van der Waals surface area contributed by atoms with Crippen LogP contribution in [0.4, 0.5) is 0 Å². The zero-order valence-corrected chi connectivity index (χ0v) is 14.3. The predicted molar refractivity (Wildman–Crippen MR) is 86.0 cm³/mol. The van der Waals surface area contributed by atoms with E-state index >= 15 is 0 Å². The van der Waals surface area contributed by atoms with E-state index in [1.165, 1.54) is 0 Å². The Balaban J connectivity index is 2.11. The van der Waals surface area contributed by atoms with Crippen LogP contribution in [0.1, 0.15) is 25.1 Å². The summed E-state index contributed by atoms with van der Waals surface area (Å²) in [6.07, 6.45) is 1.06. The van der Waals surface area contributed by atoms with Crippen molar-refractivity contribution in [3.63, 3.8) is 0 Å². The molecule has 120 valence electrons. The normalized spacial score (nSPS) is 21.7. The number of hydrogen-bond acceptors (Lipinski definition) is 4. The zero-order chi connectivity index (χ0) is 15.4. The number of rotatable bonds is 6. The topological polar surface area (TPSA) is 42.3 Å². The molecule has 0 saturated carbocycles. The lowest BCUT2D eigenvalue weighted by molar-refractivity contribution is -0.0445. The number of ether oxygens (including phenoxy) is 1. The Morgan fingerprint density at radius 1 is 1.48 bits per heavy atom. The van der Waals surface area contributed by atoms with Gasteiger partial charge in [-0.25, -0.2) is 0 Å². The third-order valence-corrected chi connectivity index (χ3v) is 4.71. The number of aryl methyl sites for hydroxylation is 2. The SMILES string of the molecule is CCNC(Cc1c(C)nn(C)c1Cl)C1CN(CC)CCO1. The molecule has 0 aromatic carbocycles. The molecule has 1 fully saturated rings. The van der Waals surface area contributed by atoms with Crippen molar-refractivity contribution in [1.29, 1.82) is 0 Å². The van der Waals surface area contributed by atoms with Gasteiger partial charge in [0.05, 0.1) is 18.4 Å². The summed E-state index contributed by atoms with van der Waals surface area (Å²) in [7, 11) is 1.89. The van der Waals surface area contributed by atoms with Gasteiger partial charge in [0.2, 0.25) is 0 Å². The highest BCUT2D eigenvalue weighted by molar-refractivity contribution is 6.30. The number of likely N-dealkylation sites (N-methyl/N-ethyl adjacent to an activating group) is 2. The number of halogens is 1. The second-order valence-corrected chi connectivity index (χ2v) is 6.01. The molecule has 1 aliphatic rings. The number of hydrogen-bond donors (Lipinski definition) is 1. The third kappa shape index (κ3) is 3.97. The minimum Gasteiger partial charge on any atom is -0.374 e. The molecular weight excluding hydrogens is 288 g/mol. The maximum absolute atomic E-state index is 6.37. The summed E-state index contributed by atoms with van der Waals surface area (Å²) in [6.45, 7) is 11.2. The van der Waals surface area contributed by atoms with Crippen LogP contribution in [-0.2, 0) is 18.2 Å². The molecule has 0 amide bonds. The van der Waals surface area contributed by atoms with Crippen LogP contribution in [0.25, 0.3) is 0 Å². The predicted octanol–water partition coefficient (Wildman–Crippen LogP) is 1.62. The first-order chi connectivity index (χ1) is 10.1. The van der Waals surface area contributed by atoms with E-state index < -0.39 is 0 Å². The molecule has 2 atom stereocenters. The van der Waals surface area contributed by atoms with E-state index in [4.69, 9.17) is 16.3 Å². The highest BCUT2D eigenvalue weighted by Gasteiger charge is 2.29. The fourth-order valence-corrected chi connectivity index (χ4v) is 3.24. The van der Waals surface area contributed by atoms with Crippen LogP contribution in [0.2, 0.25) is 5.15 Å². The first kappa shape index (κ1) is 16.7. The molecule has 0 bridgehead atoms. The second-order valence-electron chi connectivity index (χ2n) is 5.65. The van der Waals surface area contributed by atoms with Gasteiger partial charge < -0.3 is 10.1 Å². The molecule has 2 unspecified atom stereocenters. The molecule has 1 aromatic rings. The summed E-state index contributed by atoms with van der Waals surface area (Å²) in [5.74, 6) is 0. The zero-order valence-electron chi connectivity index (χ0n) is 13.5. The fourth-order valence-electron chi connectivity index (χ4n) is 2.99. The number of nitrogens with zero attached hydrogens (tertiary/aromatic N) is 3. The van der Waals surface area contributed by atoms with Crippen molar-refractivity contribution >= 4 is 11.6 Å². The molecule has 2 rings (SSSR count). The average Bonchev–Trinajstić information content (AvgIpc) is 2.73. The summed E-state index contributed by atoms with van der Waals surface area (Å²) < 4.78 is 7.75. The molecule has 1 aromatic heterocycles. The van der Waals surface area contributed by atoms with Crippen LogP contribution < -0.4 is 5.32 Å². The van der Waals surface area contributed by atoms with E-state index in [9.17, 15) is 0 Å². The molecule has 1 saturated heterocycles. The van der Waals surface area contributed by atoms with Gasteiger partial charge in [0.1, 0.15) is 5.15 Å². The van der Waals surface area contributed by atoms with Crippen LogP contribution in [0.15, 0.2) is 0 Å². The molecule has 0 radical (unpaired) electrons. The minimum absolute atomic E-state index is 0.203. The Morgan fingerprint density at radius 3 is 2.81 bits per heavy atom. The molecule has 1 N–H and O–H groups in total. The van der Waals surface area contributed by atoms with Gasteiger partial charge in [0.15, 0.2) is 0 Å². The van der Waals surface area contributed by atoms with Gasteiger partial charge in [-0.2, -0.15) is 5.10 Å². The largest absolute Gasteiger partial charge is 0.374 e. The monoisotopic (exact) mass is 314 g/mol. The summed E-state index contributed by atoms with van der Waals surface area (Å²) >= 11 is 6.37. The van der Waals surface area contributed by atoms with Crippen molar-refractivity contribution in [1.82, 2.24) is 20.0 Å². The average molecular weight is 315 g/mol. The van der Waals surface area contributed by atoms with E-state index in [0.29, 0.717) is 0 Å². The van der Waals surface area contributed by atoms with Gasteiger partial charge in [-0.1, -0.05) is 25.4 Å². The number of aromatic nitrogens is 2. The number of morpholine rings is 1. The molecule has 2 heterocycles. The third-order valence-electron chi connectivity index (χ3n) is 4.23. The van der Waals surface area contributed by atoms with Crippen LogP contribution in [0, 0.1) is 6.92 Å². The van der Waals surface area contributed by atoms with Gasteiger partial charge in [0, 0.05) is 31.7 Å². The molecule has 1 aliphatic heterocycles. The minimum atomic E-state index is 0.203. The maximum atomic E-state index is 6.37. The van der Waals surface area contributed by atoms with E-state index in [0.717, 1.165) is 55.6 Å². The number of nitrogens with one attached hydrogen (secondary N) is 1. The molecule has 0 spiro atoms. The smallest absolute Gasteiger partial charge is 0.130 e. The first-order valence-corrected chi connectivity index (χ1v) is 8.19. The van der Waals surface area contributed by atoms with Gasteiger partial charge in [0.25, 0.3) is 0 Å². The van der Waals surface area contributed by atoms with Gasteiger partial charge in [-0.3, -0.25) is 9.58 Å². The standard InChI is InChI=1S/C15H27ClN4O/c1-5-17-13(14-10-20(6-2)7-8-21-14)9-12-11(3)18-19(4)15(12)16/h13-14,17H,5-10H2,1-4H3. The quantitative estimate of drug-likeness (QED) is 0.866. The van der Waals surface area contributed by atoms with Gasteiger partial charge in [-0.15, -0.1) is 0 Å². The van der Waals surface area contributed by atoms with E-state index in [1.54, 1.807) is 4.68 Å². The van der Waals surface area contributed by atoms with Crippen LogP contribution in [-0.4, -0.2) is 59.6 Å². The van der Waals surface area contributed by atoms with Gasteiger partial charge >= 0.3 is 0 Å². The lowest BCUT2D eigenvalue weighted by atomic mass is 10.0. The van der Waals surface area contributed by atoms with Crippen molar-refractivity contribution in [2.45, 2.75) is 39.3 Å². The fraction of sp³-hybridized carbons (Fsp3) is 0.800. The Bertz CT molecular complexity index is 463. The van der Waals surface area contributed by atoms with E-state index in [1.807, 2.05) is 14.0 Å². The van der Waals surface area contributed by atoms with Gasteiger partial charge in [-0.05, 0) is 26.4 Å². The highest BCUT2D eigenvalue weighted by atomic mass is 35.5. The lowest BCUT2D eigenvalue weighted by Gasteiger charge is -2.37. The Hall–Kier alpha value is -0.620. The van der Waals surface area contributed by atoms with E-state index in [2.05, 4.69) is 29.2 Å². The molecule has 6 heteroatoms. The summed E-state index contributed by atoms with van der Waals surface area (Å²) in [4.78, 5) is 2.44. The molecule has 21 heavy (non-hydrogen) atoms. The highest BCUT2D eigenvalue weighted by Crippen LogP contribution is 2.22. The molecule has 5 nitrogen and oxygen atoms in total. The van der Waals surface area contributed by atoms with Crippen molar-refractivity contribution < 1.29 is 4.74 Å². The van der Waals surface area contributed by atoms with Crippen LogP contribution >= 0.6 is 11.6 Å². The Kier molecular flexibility index (Phi) is 6.05.